The Morgan fingerprint density at radius 3 is 2.56 bits per heavy atom. The molecule has 49 valence electrons. The summed E-state index contributed by atoms with van der Waals surface area (Å²) in [6.45, 7) is 2.54. The van der Waals surface area contributed by atoms with Crippen LogP contribution in [-0.2, 0) is 4.79 Å². The van der Waals surface area contributed by atoms with Crippen molar-refractivity contribution in [2.75, 3.05) is 13.1 Å². The Hall–Kier alpha value is -1.06. The van der Waals surface area contributed by atoms with Gasteiger partial charge in [-0.15, -0.1) is 0 Å². The Morgan fingerprint density at radius 2 is 2.33 bits per heavy atom. The molecule has 4 heteroatoms. The molecule has 1 aliphatic rings. The minimum Gasteiger partial charge on any atom is -0.314 e. The van der Waals surface area contributed by atoms with Gasteiger partial charge in [0.25, 0.3) is 5.91 Å². The van der Waals surface area contributed by atoms with Crippen molar-refractivity contribution in [2.24, 2.45) is 0 Å². The van der Waals surface area contributed by atoms with Crippen molar-refractivity contribution in [2.45, 2.75) is 6.92 Å². The van der Waals surface area contributed by atoms with Gasteiger partial charge in [-0.25, -0.2) is 4.79 Å². The molecule has 0 aromatic carbocycles. The molecule has 9 heavy (non-hydrogen) atoms. The first-order valence-corrected chi connectivity index (χ1v) is 2.77. The van der Waals surface area contributed by atoms with Gasteiger partial charge in [-0.05, 0) is 6.92 Å². The molecular weight excluding hydrogens is 120 g/mol. The van der Waals surface area contributed by atoms with Crippen LogP contribution in [0.3, 0.4) is 0 Å². The summed E-state index contributed by atoms with van der Waals surface area (Å²) >= 11 is 0. The van der Waals surface area contributed by atoms with Crippen molar-refractivity contribution in [1.82, 2.24) is 10.2 Å². The average Bonchev–Trinajstić information content (AvgIpc) is 2.10. The predicted octanol–water partition coefficient (Wildman–Crippen LogP) is -0.427. The third-order valence-corrected chi connectivity index (χ3v) is 1.20. The summed E-state index contributed by atoms with van der Waals surface area (Å²) in [6.07, 6.45) is 0. The highest BCUT2D eigenvalue weighted by molar-refractivity contribution is 6.01. The van der Waals surface area contributed by atoms with E-state index in [9.17, 15) is 9.59 Å². The summed E-state index contributed by atoms with van der Waals surface area (Å²) < 4.78 is 0. The minimum absolute atomic E-state index is 0.162. The molecule has 0 spiro atoms. The highest BCUT2D eigenvalue weighted by Gasteiger charge is 2.26. The number of rotatable bonds is 1. The van der Waals surface area contributed by atoms with Crippen LogP contribution in [0.2, 0.25) is 0 Å². The quantitative estimate of drug-likeness (QED) is 0.449. The van der Waals surface area contributed by atoms with Crippen molar-refractivity contribution in [3.05, 3.63) is 0 Å². The van der Waals surface area contributed by atoms with E-state index in [1.165, 1.54) is 4.90 Å². The van der Waals surface area contributed by atoms with Crippen LogP contribution in [-0.4, -0.2) is 29.9 Å². The van der Waals surface area contributed by atoms with E-state index in [0.717, 1.165) is 0 Å². The topological polar surface area (TPSA) is 51.5 Å². The Balaban J connectivity index is 2.58. The Morgan fingerprint density at radius 1 is 1.67 bits per heavy atom. The standard InChI is InChI=1S/C5H7N2O2/c1-2-7-3-4(8)6-5(7)9/h2-3H2,1H3. The zero-order valence-electron chi connectivity index (χ0n) is 5.13. The zero-order valence-corrected chi connectivity index (χ0v) is 5.13. The number of nitrogens with zero attached hydrogens (tertiary/aromatic N) is 2. The molecule has 1 rings (SSSR count). The summed E-state index contributed by atoms with van der Waals surface area (Å²) in [6, 6.07) is -0.400. The fraction of sp³-hybridized carbons (Fsp3) is 0.600. The molecule has 0 aromatic heterocycles. The van der Waals surface area contributed by atoms with E-state index in [1.807, 2.05) is 6.92 Å². The summed E-state index contributed by atoms with van der Waals surface area (Å²) in [4.78, 5) is 22.3. The van der Waals surface area contributed by atoms with Crippen molar-refractivity contribution in [3.63, 3.8) is 0 Å². The van der Waals surface area contributed by atoms with Crippen LogP contribution in [0, 0.1) is 0 Å². The first kappa shape index (κ1) is 6.07. The third kappa shape index (κ3) is 1.01. The van der Waals surface area contributed by atoms with Gasteiger partial charge in [0.1, 0.15) is 6.54 Å². The Labute approximate surface area is 52.8 Å². The molecular formula is C5H7N2O2. The van der Waals surface area contributed by atoms with Crippen molar-refractivity contribution in [1.29, 1.82) is 0 Å². The molecule has 1 fully saturated rings. The maximum atomic E-state index is 10.6. The average molecular weight is 127 g/mol. The smallest absolute Gasteiger partial charge is 0.314 e. The van der Waals surface area contributed by atoms with Gasteiger partial charge in [0.2, 0.25) is 0 Å². The Bertz CT molecular complexity index is 155. The second-order valence-corrected chi connectivity index (χ2v) is 1.80. The number of hydrogen-bond donors (Lipinski definition) is 0. The minimum atomic E-state index is -0.400. The molecule has 1 saturated heterocycles. The zero-order chi connectivity index (χ0) is 6.85. The summed E-state index contributed by atoms with van der Waals surface area (Å²) in [7, 11) is 0. The number of urea groups is 1. The molecule has 0 bridgehead atoms. The highest BCUT2D eigenvalue weighted by atomic mass is 16.2. The summed E-state index contributed by atoms with van der Waals surface area (Å²) in [5.41, 5.74) is 0. The number of carbonyl (C=O) groups is 2. The van der Waals surface area contributed by atoms with Crippen LogP contribution < -0.4 is 5.32 Å². The number of imide groups is 1. The first-order chi connectivity index (χ1) is 4.24. The predicted molar refractivity (Wildman–Crippen MR) is 29.8 cm³/mol. The van der Waals surface area contributed by atoms with Crippen LogP contribution in [0.25, 0.3) is 0 Å². The molecule has 0 atom stereocenters. The molecule has 1 radical (unpaired) electrons. The molecule has 1 aliphatic heterocycles. The molecule has 3 amide bonds. The second-order valence-electron chi connectivity index (χ2n) is 1.80. The fourth-order valence-electron chi connectivity index (χ4n) is 0.691. The van der Waals surface area contributed by atoms with Crippen molar-refractivity contribution < 1.29 is 9.59 Å². The molecule has 0 unspecified atom stereocenters. The molecule has 0 N–H and O–H groups in total. The maximum Gasteiger partial charge on any atom is 0.347 e. The van der Waals surface area contributed by atoms with E-state index < -0.39 is 6.03 Å². The van der Waals surface area contributed by atoms with E-state index >= 15 is 0 Å². The third-order valence-electron chi connectivity index (χ3n) is 1.20. The first-order valence-electron chi connectivity index (χ1n) is 2.77. The summed E-state index contributed by atoms with van der Waals surface area (Å²) in [5.74, 6) is -0.332. The normalized spacial score (nSPS) is 18.6. The van der Waals surface area contributed by atoms with E-state index in [1.54, 1.807) is 0 Å². The maximum absolute atomic E-state index is 10.6. The molecule has 0 saturated carbocycles. The number of likely N-dealkylation sites (N-methyl/N-ethyl adjacent to an activating group) is 1. The van der Waals surface area contributed by atoms with Gasteiger partial charge < -0.3 is 4.90 Å². The number of hydrogen-bond acceptors (Lipinski definition) is 2. The van der Waals surface area contributed by atoms with Crippen LogP contribution >= 0.6 is 0 Å². The van der Waals surface area contributed by atoms with E-state index in [4.69, 9.17) is 0 Å². The largest absolute Gasteiger partial charge is 0.347 e. The van der Waals surface area contributed by atoms with E-state index in [0.29, 0.717) is 6.54 Å². The highest BCUT2D eigenvalue weighted by Crippen LogP contribution is 1.97. The SMILES string of the molecule is CCN1CC(=O)[N]C1=O. The van der Waals surface area contributed by atoms with Gasteiger partial charge in [0.05, 0.1) is 0 Å². The second kappa shape index (κ2) is 2.05. The van der Waals surface area contributed by atoms with Crippen molar-refractivity contribution >= 4 is 11.9 Å². The lowest BCUT2D eigenvalue weighted by Crippen LogP contribution is -2.25. The monoisotopic (exact) mass is 127 g/mol. The van der Waals surface area contributed by atoms with Crippen LogP contribution in [0.5, 0.6) is 0 Å². The molecule has 4 nitrogen and oxygen atoms in total. The van der Waals surface area contributed by atoms with Crippen LogP contribution in [0.4, 0.5) is 4.79 Å². The van der Waals surface area contributed by atoms with Gasteiger partial charge in [-0.1, -0.05) is 0 Å². The van der Waals surface area contributed by atoms with Gasteiger partial charge >= 0.3 is 6.03 Å². The van der Waals surface area contributed by atoms with Crippen LogP contribution in [0.15, 0.2) is 0 Å². The van der Waals surface area contributed by atoms with Gasteiger partial charge in [0.15, 0.2) is 0 Å². The lowest BCUT2D eigenvalue weighted by molar-refractivity contribution is -0.118. The Kier molecular flexibility index (Phi) is 1.38. The van der Waals surface area contributed by atoms with Crippen LogP contribution in [0.1, 0.15) is 6.92 Å². The molecule has 0 aromatic rings. The number of amides is 3. The van der Waals surface area contributed by atoms with Gasteiger partial charge in [-0.2, -0.15) is 5.32 Å². The van der Waals surface area contributed by atoms with E-state index in [2.05, 4.69) is 5.32 Å². The van der Waals surface area contributed by atoms with Gasteiger partial charge in [-0.3, -0.25) is 4.79 Å². The lowest BCUT2D eigenvalue weighted by atomic mass is 10.6. The van der Waals surface area contributed by atoms with Crippen molar-refractivity contribution in [3.8, 4) is 0 Å². The molecule has 0 aliphatic carbocycles. The summed E-state index contributed by atoms with van der Waals surface area (Å²) in [5, 5.41) is 3.19. The number of carbonyl (C=O) groups excluding carboxylic acids is 2. The van der Waals surface area contributed by atoms with E-state index in [-0.39, 0.29) is 12.5 Å². The van der Waals surface area contributed by atoms with Gasteiger partial charge in [0, 0.05) is 6.54 Å². The fourth-order valence-corrected chi connectivity index (χ4v) is 0.691. The lowest BCUT2D eigenvalue weighted by Gasteiger charge is -2.05. The molecule has 1 heterocycles.